The average molecular weight is 172 g/mol. The second kappa shape index (κ2) is 5.92. The van der Waals surface area contributed by atoms with Gasteiger partial charge in [0.1, 0.15) is 11.6 Å². The van der Waals surface area contributed by atoms with Crippen LogP contribution in [0.3, 0.4) is 0 Å². The first-order chi connectivity index (χ1) is 4.95. The number of Topliss-reactive ketones (excluding diaryl/α,β-unsaturated/α-hetero) is 2. The third-order valence-electron chi connectivity index (χ3n) is 1.64. The van der Waals surface area contributed by atoms with E-state index in [-0.39, 0.29) is 37.2 Å². The molecule has 0 aliphatic carbocycles. The van der Waals surface area contributed by atoms with Crippen LogP contribution in [0.5, 0.6) is 0 Å². The fourth-order valence-corrected chi connectivity index (χ4v) is 0.580. The van der Waals surface area contributed by atoms with Crippen LogP contribution in [0.1, 0.15) is 41.5 Å². The number of ketones is 2. The van der Waals surface area contributed by atoms with Gasteiger partial charge in [-0.05, 0) is 0 Å². The molecule has 0 amide bonds. The Bertz CT molecular complexity index is 139. The number of rotatable bonds is 4. The van der Waals surface area contributed by atoms with E-state index >= 15 is 0 Å². The normalized spacial score (nSPS) is 9.83. The highest BCUT2D eigenvalue weighted by Crippen LogP contribution is 2.04. The largest absolute Gasteiger partial charge is 0.299 e. The summed E-state index contributed by atoms with van der Waals surface area (Å²) in [6.45, 7) is 7.26. The van der Waals surface area contributed by atoms with E-state index in [1.807, 2.05) is 27.7 Å². The van der Waals surface area contributed by atoms with Gasteiger partial charge in [-0.1, -0.05) is 35.1 Å². The molecule has 0 N–H and O–H groups in total. The SMILES string of the molecule is C.CC(C)C(=O)CC(=O)C(C)C. The predicted octanol–water partition coefficient (Wildman–Crippen LogP) is 2.46. The lowest BCUT2D eigenvalue weighted by molar-refractivity contribution is -0.130. The van der Waals surface area contributed by atoms with Gasteiger partial charge in [0.15, 0.2) is 0 Å². The smallest absolute Gasteiger partial charge is 0.142 e. The molecule has 0 fully saturated rings. The zero-order chi connectivity index (χ0) is 9.02. The third-order valence-corrected chi connectivity index (χ3v) is 1.64. The molecular weight excluding hydrogens is 152 g/mol. The van der Waals surface area contributed by atoms with Gasteiger partial charge >= 0.3 is 0 Å². The minimum atomic E-state index is -0.0160. The molecule has 0 aromatic heterocycles. The van der Waals surface area contributed by atoms with E-state index in [2.05, 4.69) is 0 Å². The van der Waals surface area contributed by atoms with Crippen molar-refractivity contribution >= 4 is 11.6 Å². The molecule has 72 valence electrons. The Morgan fingerprint density at radius 1 is 0.917 bits per heavy atom. The maximum absolute atomic E-state index is 11.0. The molecule has 0 heterocycles. The zero-order valence-corrected chi connectivity index (χ0v) is 7.68. The van der Waals surface area contributed by atoms with Crippen molar-refractivity contribution in [2.75, 3.05) is 0 Å². The molecule has 0 aliphatic heterocycles. The van der Waals surface area contributed by atoms with E-state index < -0.39 is 0 Å². The van der Waals surface area contributed by atoms with Crippen molar-refractivity contribution in [2.24, 2.45) is 11.8 Å². The highest BCUT2D eigenvalue weighted by atomic mass is 16.1. The van der Waals surface area contributed by atoms with Crippen LogP contribution in [-0.4, -0.2) is 11.6 Å². The first-order valence-corrected chi connectivity index (χ1v) is 4.00. The van der Waals surface area contributed by atoms with E-state index in [1.54, 1.807) is 0 Å². The van der Waals surface area contributed by atoms with Crippen molar-refractivity contribution < 1.29 is 9.59 Å². The van der Waals surface area contributed by atoms with Gasteiger partial charge in [0.05, 0.1) is 6.42 Å². The maximum atomic E-state index is 11.0. The highest BCUT2D eigenvalue weighted by molar-refractivity contribution is 6.00. The molecule has 0 aliphatic rings. The van der Waals surface area contributed by atoms with Crippen LogP contribution >= 0.6 is 0 Å². The van der Waals surface area contributed by atoms with Crippen LogP contribution in [0.25, 0.3) is 0 Å². The number of carbonyl (C=O) groups excluding carboxylic acids is 2. The van der Waals surface area contributed by atoms with Crippen LogP contribution in [0.4, 0.5) is 0 Å². The summed E-state index contributed by atoms with van der Waals surface area (Å²) < 4.78 is 0. The third kappa shape index (κ3) is 5.05. The minimum Gasteiger partial charge on any atom is -0.299 e. The molecule has 0 saturated heterocycles. The summed E-state index contributed by atoms with van der Waals surface area (Å²) in [5.41, 5.74) is 0. The summed E-state index contributed by atoms with van der Waals surface area (Å²) in [4.78, 5) is 22.1. The molecule has 12 heavy (non-hydrogen) atoms. The Kier molecular flexibility index (Phi) is 6.86. The summed E-state index contributed by atoms with van der Waals surface area (Å²) >= 11 is 0. The molecule has 0 aromatic carbocycles. The fourth-order valence-electron chi connectivity index (χ4n) is 0.580. The predicted molar refractivity (Wildman–Crippen MR) is 51.0 cm³/mol. The van der Waals surface area contributed by atoms with Crippen LogP contribution < -0.4 is 0 Å². The minimum absolute atomic E-state index is 0. The van der Waals surface area contributed by atoms with E-state index in [1.165, 1.54) is 0 Å². The molecule has 2 heteroatoms. The van der Waals surface area contributed by atoms with Crippen LogP contribution in [0.15, 0.2) is 0 Å². The van der Waals surface area contributed by atoms with Gasteiger partial charge in [-0.3, -0.25) is 9.59 Å². The van der Waals surface area contributed by atoms with Gasteiger partial charge in [0.25, 0.3) is 0 Å². The molecule has 0 atom stereocenters. The first kappa shape index (κ1) is 13.9. The average Bonchev–Trinajstić information content (AvgIpc) is 1.87. The van der Waals surface area contributed by atoms with Crippen LogP contribution in [0, 0.1) is 11.8 Å². The second-order valence-electron chi connectivity index (χ2n) is 3.42. The lowest BCUT2D eigenvalue weighted by Gasteiger charge is -2.04. The van der Waals surface area contributed by atoms with E-state index in [0.717, 1.165) is 0 Å². The number of hydrogen-bond acceptors (Lipinski definition) is 2. The van der Waals surface area contributed by atoms with Gasteiger partial charge in [0.2, 0.25) is 0 Å². The van der Waals surface area contributed by atoms with Crippen molar-refractivity contribution in [3.05, 3.63) is 0 Å². The Morgan fingerprint density at radius 3 is 1.33 bits per heavy atom. The number of carbonyl (C=O) groups is 2. The zero-order valence-electron chi connectivity index (χ0n) is 7.68. The summed E-state index contributed by atoms with van der Waals surface area (Å²) in [5.74, 6) is 0.0581. The molecule has 0 bridgehead atoms. The summed E-state index contributed by atoms with van der Waals surface area (Å²) in [6.07, 6.45) is 0.106. The standard InChI is InChI=1S/C9H16O2.CH4/c1-6(2)8(10)5-9(11)7(3)4;/h6-7H,5H2,1-4H3;1H4. The molecule has 0 saturated carbocycles. The van der Waals surface area contributed by atoms with Gasteiger partial charge < -0.3 is 0 Å². The van der Waals surface area contributed by atoms with Crippen LogP contribution in [-0.2, 0) is 9.59 Å². The maximum Gasteiger partial charge on any atom is 0.142 e. The topological polar surface area (TPSA) is 34.1 Å². The Labute approximate surface area is 75.4 Å². The molecule has 0 radical (unpaired) electrons. The van der Waals surface area contributed by atoms with Gasteiger partial charge in [-0.15, -0.1) is 0 Å². The highest BCUT2D eigenvalue weighted by Gasteiger charge is 2.14. The Balaban J connectivity index is 0. The van der Waals surface area contributed by atoms with Gasteiger partial charge in [-0.25, -0.2) is 0 Å². The quantitative estimate of drug-likeness (QED) is 0.610. The summed E-state index contributed by atoms with van der Waals surface area (Å²) in [6, 6.07) is 0. The monoisotopic (exact) mass is 172 g/mol. The summed E-state index contributed by atoms with van der Waals surface area (Å²) in [5, 5.41) is 0. The molecule has 0 spiro atoms. The Hall–Kier alpha value is -0.660. The van der Waals surface area contributed by atoms with Crippen LogP contribution in [0.2, 0.25) is 0 Å². The second-order valence-corrected chi connectivity index (χ2v) is 3.42. The first-order valence-electron chi connectivity index (χ1n) is 4.00. The Morgan fingerprint density at radius 2 is 1.17 bits per heavy atom. The fraction of sp³-hybridized carbons (Fsp3) is 0.800. The van der Waals surface area contributed by atoms with E-state index in [9.17, 15) is 9.59 Å². The van der Waals surface area contributed by atoms with Crippen molar-refractivity contribution in [1.82, 2.24) is 0 Å². The molecule has 0 rings (SSSR count). The van der Waals surface area contributed by atoms with E-state index in [0.29, 0.717) is 0 Å². The van der Waals surface area contributed by atoms with E-state index in [4.69, 9.17) is 0 Å². The lowest BCUT2D eigenvalue weighted by atomic mass is 9.98. The summed E-state index contributed by atoms with van der Waals surface area (Å²) in [7, 11) is 0. The molecular formula is C10H20O2. The van der Waals surface area contributed by atoms with Crippen molar-refractivity contribution in [1.29, 1.82) is 0 Å². The van der Waals surface area contributed by atoms with Gasteiger partial charge in [0, 0.05) is 11.8 Å². The lowest BCUT2D eigenvalue weighted by Crippen LogP contribution is -2.16. The van der Waals surface area contributed by atoms with Crippen molar-refractivity contribution in [3.8, 4) is 0 Å². The molecule has 2 nitrogen and oxygen atoms in total. The molecule has 0 unspecified atom stereocenters. The van der Waals surface area contributed by atoms with Crippen molar-refractivity contribution in [3.63, 3.8) is 0 Å². The van der Waals surface area contributed by atoms with Crippen molar-refractivity contribution in [2.45, 2.75) is 41.5 Å². The molecule has 0 aromatic rings. The number of hydrogen-bond donors (Lipinski definition) is 0. The van der Waals surface area contributed by atoms with Gasteiger partial charge in [-0.2, -0.15) is 0 Å².